The van der Waals surface area contributed by atoms with Crippen LogP contribution in [-0.2, 0) is 20.9 Å². The zero-order valence-corrected chi connectivity index (χ0v) is 18.4. The van der Waals surface area contributed by atoms with Gasteiger partial charge in [-0.3, -0.25) is 14.5 Å². The predicted octanol–water partition coefficient (Wildman–Crippen LogP) is 3.58. The maximum absolute atomic E-state index is 12.5. The standard InChI is InChI=1S/C24H26F3N3O4/c25-24(26,27)34-21-7-2-1-5-19(21)8-9-22(31)28-17-18-4-3-6-20(16-18)29-23(32)10-11-30-12-14-33-15-13-30/h1-9,16H,10-15,17H2,(H,28,31)(H,29,32). The summed E-state index contributed by atoms with van der Waals surface area (Å²) in [7, 11) is 0. The van der Waals surface area contributed by atoms with Crippen LogP contribution in [0.15, 0.2) is 54.6 Å². The number of halogens is 3. The normalized spacial score (nSPS) is 14.7. The Hall–Kier alpha value is -3.37. The Morgan fingerprint density at radius 1 is 1.09 bits per heavy atom. The van der Waals surface area contributed by atoms with Crippen molar-refractivity contribution in [3.63, 3.8) is 0 Å². The molecule has 1 saturated heterocycles. The minimum Gasteiger partial charge on any atom is -0.405 e. The van der Waals surface area contributed by atoms with Crippen LogP contribution in [-0.4, -0.2) is 55.9 Å². The van der Waals surface area contributed by atoms with E-state index in [1.807, 2.05) is 0 Å². The van der Waals surface area contributed by atoms with Crippen molar-refractivity contribution in [3.8, 4) is 5.75 Å². The minimum atomic E-state index is -4.82. The molecule has 0 aromatic heterocycles. The number of amides is 2. The number of nitrogens with one attached hydrogen (secondary N) is 2. The van der Waals surface area contributed by atoms with Gasteiger partial charge in [0.05, 0.1) is 13.2 Å². The lowest BCUT2D eigenvalue weighted by molar-refractivity contribution is -0.274. The monoisotopic (exact) mass is 477 g/mol. The molecule has 2 aromatic carbocycles. The minimum absolute atomic E-state index is 0.102. The summed E-state index contributed by atoms with van der Waals surface area (Å²) in [6.07, 6.45) is -2.07. The Labute approximate surface area is 195 Å². The highest BCUT2D eigenvalue weighted by molar-refractivity contribution is 5.92. The lowest BCUT2D eigenvalue weighted by atomic mass is 10.1. The van der Waals surface area contributed by atoms with Crippen molar-refractivity contribution in [1.82, 2.24) is 10.2 Å². The summed E-state index contributed by atoms with van der Waals surface area (Å²) in [6, 6.07) is 12.6. The first kappa shape index (κ1) is 25.3. The largest absolute Gasteiger partial charge is 0.573 e. The van der Waals surface area contributed by atoms with Crippen LogP contribution in [0.1, 0.15) is 17.5 Å². The Morgan fingerprint density at radius 3 is 2.62 bits per heavy atom. The van der Waals surface area contributed by atoms with Gasteiger partial charge in [0.25, 0.3) is 0 Å². The van der Waals surface area contributed by atoms with E-state index in [4.69, 9.17) is 4.74 Å². The second kappa shape index (κ2) is 12.2. The zero-order valence-electron chi connectivity index (χ0n) is 18.4. The lowest BCUT2D eigenvalue weighted by Gasteiger charge is -2.26. The molecule has 0 atom stereocenters. The molecule has 0 spiro atoms. The first-order chi connectivity index (χ1) is 16.3. The SMILES string of the molecule is O=C(C=Cc1ccccc1OC(F)(F)F)NCc1cccc(NC(=O)CCN2CCOCC2)c1. The van der Waals surface area contributed by atoms with Crippen LogP contribution in [0, 0.1) is 0 Å². The van der Waals surface area contributed by atoms with Crippen LogP contribution in [0.4, 0.5) is 18.9 Å². The van der Waals surface area contributed by atoms with E-state index < -0.39 is 18.0 Å². The van der Waals surface area contributed by atoms with E-state index >= 15 is 0 Å². The third-order valence-electron chi connectivity index (χ3n) is 5.00. The van der Waals surface area contributed by atoms with Gasteiger partial charge in [-0.1, -0.05) is 30.3 Å². The van der Waals surface area contributed by atoms with E-state index in [9.17, 15) is 22.8 Å². The van der Waals surface area contributed by atoms with Gasteiger partial charge in [-0.05, 0) is 29.8 Å². The van der Waals surface area contributed by atoms with Crippen molar-refractivity contribution in [2.24, 2.45) is 0 Å². The van der Waals surface area contributed by atoms with Gasteiger partial charge in [-0.2, -0.15) is 0 Å². The van der Waals surface area contributed by atoms with E-state index in [1.165, 1.54) is 24.3 Å². The Bertz CT molecular complexity index is 1000. The van der Waals surface area contributed by atoms with Crippen molar-refractivity contribution < 1.29 is 32.2 Å². The maximum atomic E-state index is 12.5. The van der Waals surface area contributed by atoms with Crippen LogP contribution in [0.25, 0.3) is 6.08 Å². The van der Waals surface area contributed by atoms with E-state index in [2.05, 4.69) is 20.3 Å². The molecule has 0 aliphatic carbocycles. The summed E-state index contributed by atoms with van der Waals surface area (Å²) in [5, 5.41) is 5.52. The quantitative estimate of drug-likeness (QED) is 0.540. The summed E-state index contributed by atoms with van der Waals surface area (Å²) in [5.74, 6) is -0.978. The van der Waals surface area contributed by atoms with Crippen LogP contribution in [0.2, 0.25) is 0 Å². The average molecular weight is 477 g/mol. The fourth-order valence-electron chi connectivity index (χ4n) is 3.32. The van der Waals surface area contributed by atoms with E-state index in [-0.39, 0.29) is 18.0 Å². The second-order valence-corrected chi connectivity index (χ2v) is 7.59. The topological polar surface area (TPSA) is 79.9 Å². The molecule has 0 radical (unpaired) electrons. The van der Waals surface area contributed by atoms with Crippen LogP contribution in [0.5, 0.6) is 5.75 Å². The first-order valence-electron chi connectivity index (χ1n) is 10.8. The summed E-state index contributed by atoms with van der Waals surface area (Å²) in [4.78, 5) is 26.6. The Balaban J connectivity index is 1.48. The van der Waals surface area contributed by atoms with Crippen molar-refractivity contribution in [1.29, 1.82) is 0 Å². The molecular weight excluding hydrogens is 451 g/mol. The number of para-hydroxylation sites is 1. The molecule has 1 aliphatic rings. The molecule has 1 heterocycles. The highest BCUT2D eigenvalue weighted by atomic mass is 19.4. The predicted molar refractivity (Wildman–Crippen MR) is 121 cm³/mol. The highest BCUT2D eigenvalue weighted by Gasteiger charge is 2.31. The molecule has 0 bridgehead atoms. The first-order valence-corrected chi connectivity index (χ1v) is 10.8. The molecule has 2 aromatic rings. The van der Waals surface area contributed by atoms with E-state index in [1.54, 1.807) is 30.3 Å². The van der Waals surface area contributed by atoms with Crippen LogP contribution in [0.3, 0.4) is 0 Å². The summed E-state index contributed by atoms with van der Waals surface area (Å²) in [6.45, 7) is 3.84. The number of carbonyl (C=O) groups excluding carboxylic acids is 2. The van der Waals surface area contributed by atoms with Gasteiger partial charge in [-0.15, -0.1) is 13.2 Å². The molecule has 3 rings (SSSR count). The smallest absolute Gasteiger partial charge is 0.405 e. The van der Waals surface area contributed by atoms with Gasteiger partial charge < -0.3 is 20.1 Å². The fourth-order valence-corrected chi connectivity index (χ4v) is 3.32. The molecule has 34 heavy (non-hydrogen) atoms. The highest BCUT2D eigenvalue weighted by Crippen LogP contribution is 2.27. The van der Waals surface area contributed by atoms with Gasteiger partial charge in [0, 0.05) is 49.9 Å². The number of carbonyl (C=O) groups is 2. The average Bonchev–Trinajstić information content (AvgIpc) is 2.81. The number of hydrogen-bond donors (Lipinski definition) is 2. The molecule has 182 valence electrons. The molecule has 1 aliphatic heterocycles. The second-order valence-electron chi connectivity index (χ2n) is 7.59. The van der Waals surface area contributed by atoms with Gasteiger partial charge in [0.1, 0.15) is 5.75 Å². The lowest BCUT2D eigenvalue weighted by Crippen LogP contribution is -2.38. The van der Waals surface area contributed by atoms with Crippen molar-refractivity contribution >= 4 is 23.6 Å². The van der Waals surface area contributed by atoms with Gasteiger partial charge in [0.2, 0.25) is 11.8 Å². The van der Waals surface area contributed by atoms with Gasteiger partial charge in [0.15, 0.2) is 0 Å². The van der Waals surface area contributed by atoms with Crippen molar-refractivity contribution in [2.75, 3.05) is 38.2 Å². The van der Waals surface area contributed by atoms with E-state index in [0.717, 1.165) is 24.7 Å². The fraction of sp³-hybridized carbons (Fsp3) is 0.333. The summed E-state index contributed by atoms with van der Waals surface area (Å²) in [5.41, 5.74) is 1.50. The molecule has 0 saturated carbocycles. The number of benzene rings is 2. The third-order valence-corrected chi connectivity index (χ3v) is 5.00. The van der Waals surface area contributed by atoms with E-state index in [0.29, 0.717) is 31.9 Å². The molecule has 1 fully saturated rings. The number of anilines is 1. The van der Waals surface area contributed by atoms with Crippen LogP contribution < -0.4 is 15.4 Å². The van der Waals surface area contributed by atoms with Crippen LogP contribution >= 0.6 is 0 Å². The number of nitrogens with zero attached hydrogens (tertiary/aromatic N) is 1. The summed E-state index contributed by atoms with van der Waals surface area (Å²) < 4.78 is 46.8. The molecule has 7 nitrogen and oxygen atoms in total. The van der Waals surface area contributed by atoms with Crippen molar-refractivity contribution in [2.45, 2.75) is 19.3 Å². The Morgan fingerprint density at radius 2 is 1.85 bits per heavy atom. The molecule has 2 amide bonds. The molecule has 0 unspecified atom stereocenters. The Kier molecular flexibility index (Phi) is 9.06. The number of hydrogen-bond acceptors (Lipinski definition) is 5. The summed E-state index contributed by atoms with van der Waals surface area (Å²) >= 11 is 0. The number of rotatable bonds is 9. The maximum Gasteiger partial charge on any atom is 0.573 e. The zero-order chi connectivity index (χ0) is 24.4. The number of morpholine rings is 1. The number of ether oxygens (including phenoxy) is 2. The molecular formula is C24H26F3N3O4. The van der Waals surface area contributed by atoms with Gasteiger partial charge >= 0.3 is 6.36 Å². The molecule has 2 N–H and O–H groups in total. The number of alkyl halides is 3. The van der Waals surface area contributed by atoms with Crippen molar-refractivity contribution in [3.05, 3.63) is 65.7 Å². The molecule has 10 heteroatoms. The van der Waals surface area contributed by atoms with Gasteiger partial charge in [-0.25, -0.2) is 0 Å². The third kappa shape index (κ3) is 8.87.